The monoisotopic (exact) mass is 568 g/mol. The lowest BCUT2D eigenvalue weighted by molar-refractivity contribution is -0.158. The summed E-state index contributed by atoms with van der Waals surface area (Å²) in [6, 6.07) is 13.0. The number of carboxylic acids is 1. The first-order chi connectivity index (χ1) is 19.2. The molecule has 1 heterocycles. The number of aromatic nitrogens is 1. The molecule has 10 nitrogen and oxygen atoms in total. The van der Waals surface area contributed by atoms with Gasteiger partial charge in [-0.3, -0.25) is 29.0 Å². The minimum absolute atomic E-state index is 0.00693. The van der Waals surface area contributed by atoms with Crippen LogP contribution in [0.25, 0.3) is 0 Å². The van der Waals surface area contributed by atoms with E-state index in [-0.39, 0.29) is 25.4 Å². The number of rotatable bonds is 15. The molecule has 0 aliphatic rings. The van der Waals surface area contributed by atoms with E-state index >= 15 is 0 Å². The van der Waals surface area contributed by atoms with Crippen LogP contribution in [0.2, 0.25) is 0 Å². The Balaban J connectivity index is 2.25. The van der Waals surface area contributed by atoms with Crippen molar-refractivity contribution in [2.45, 2.75) is 78.6 Å². The highest BCUT2D eigenvalue weighted by atomic mass is 16.6. The molecule has 41 heavy (non-hydrogen) atoms. The number of aliphatic carboxylic acids is 1. The van der Waals surface area contributed by atoms with Gasteiger partial charge in [0.1, 0.15) is 12.2 Å². The van der Waals surface area contributed by atoms with E-state index in [0.717, 1.165) is 5.56 Å². The van der Waals surface area contributed by atoms with Crippen molar-refractivity contribution in [2.24, 2.45) is 17.8 Å². The molecule has 0 saturated heterocycles. The fourth-order valence-electron chi connectivity index (χ4n) is 4.07. The molecule has 1 aromatic heterocycles. The van der Waals surface area contributed by atoms with Crippen LogP contribution in [0.15, 0.2) is 54.7 Å². The Bertz CT molecular complexity index is 1180. The van der Waals surface area contributed by atoms with Gasteiger partial charge in [-0.1, -0.05) is 50.2 Å². The Hall–Kier alpha value is -4.08. The third-order valence-electron chi connectivity index (χ3n) is 6.25. The van der Waals surface area contributed by atoms with Gasteiger partial charge in [0, 0.05) is 24.7 Å². The maximum absolute atomic E-state index is 13.5. The normalized spacial score (nSPS) is 13.5. The van der Waals surface area contributed by atoms with Crippen molar-refractivity contribution in [3.63, 3.8) is 0 Å². The number of hydrogen-bond donors (Lipinski definition) is 2. The average molecular weight is 569 g/mol. The van der Waals surface area contributed by atoms with Crippen molar-refractivity contribution in [2.75, 3.05) is 0 Å². The van der Waals surface area contributed by atoms with Crippen LogP contribution in [0.5, 0.6) is 0 Å². The lowest BCUT2D eigenvalue weighted by Gasteiger charge is -2.25. The van der Waals surface area contributed by atoms with Crippen LogP contribution in [0.4, 0.5) is 0 Å². The molecule has 1 amide bonds. The Labute approximate surface area is 240 Å². The van der Waals surface area contributed by atoms with E-state index < -0.39 is 65.9 Å². The van der Waals surface area contributed by atoms with E-state index in [1.54, 1.807) is 83.3 Å². The van der Waals surface area contributed by atoms with Crippen LogP contribution in [-0.4, -0.2) is 51.3 Å². The molecule has 3 atom stereocenters. The Morgan fingerprint density at radius 2 is 1.54 bits per heavy atom. The predicted molar refractivity (Wildman–Crippen MR) is 150 cm³/mol. The van der Waals surface area contributed by atoms with E-state index in [1.807, 2.05) is 6.07 Å². The molecular formula is C31H40N2O8. The Morgan fingerprint density at radius 3 is 2.10 bits per heavy atom. The zero-order valence-electron chi connectivity index (χ0n) is 24.3. The van der Waals surface area contributed by atoms with Crippen molar-refractivity contribution >= 4 is 29.6 Å². The maximum Gasteiger partial charge on any atom is 0.307 e. The highest BCUT2D eigenvalue weighted by Gasteiger charge is 2.33. The number of Topliss-reactive ketones (excluding diaryl/α,β-unsaturated/α-hetero) is 1. The van der Waals surface area contributed by atoms with Gasteiger partial charge in [-0.2, -0.15) is 0 Å². The first kappa shape index (κ1) is 33.1. The average Bonchev–Trinajstić information content (AvgIpc) is 2.89. The minimum atomic E-state index is -1.19. The summed E-state index contributed by atoms with van der Waals surface area (Å²) in [5, 5.41) is 12.3. The number of ketones is 1. The number of nitrogens with zero attached hydrogens (tertiary/aromatic N) is 1. The van der Waals surface area contributed by atoms with Crippen molar-refractivity contribution in [3.05, 3.63) is 66.0 Å². The van der Waals surface area contributed by atoms with E-state index in [1.165, 1.54) is 0 Å². The first-order valence-corrected chi connectivity index (χ1v) is 13.6. The van der Waals surface area contributed by atoms with Crippen molar-refractivity contribution in [1.82, 2.24) is 10.3 Å². The van der Waals surface area contributed by atoms with Crippen molar-refractivity contribution in [1.29, 1.82) is 0 Å². The summed E-state index contributed by atoms with van der Waals surface area (Å²) in [7, 11) is 0. The number of pyridine rings is 1. The second-order valence-electron chi connectivity index (χ2n) is 11.3. The highest BCUT2D eigenvalue weighted by molar-refractivity contribution is 5.94. The lowest BCUT2D eigenvalue weighted by atomic mass is 9.88. The molecule has 0 spiro atoms. The number of ether oxygens (including phenoxy) is 2. The molecule has 0 aliphatic heterocycles. The van der Waals surface area contributed by atoms with Crippen LogP contribution >= 0.6 is 0 Å². The third kappa shape index (κ3) is 12.3. The molecule has 1 aromatic carbocycles. The molecule has 0 radical (unpaired) electrons. The van der Waals surface area contributed by atoms with Crippen LogP contribution in [0.3, 0.4) is 0 Å². The predicted octanol–water partition coefficient (Wildman–Crippen LogP) is 3.91. The van der Waals surface area contributed by atoms with Crippen LogP contribution in [0, 0.1) is 17.8 Å². The summed E-state index contributed by atoms with van der Waals surface area (Å²) in [6.07, 6.45) is 0.402. The van der Waals surface area contributed by atoms with Gasteiger partial charge in [-0.05, 0) is 44.4 Å². The van der Waals surface area contributed by atoms with Gasteiger partial charge in [-0.15, -0.1) is 0 Å². The topological polar surface area (TPSA) is 149 Å². The molecule has 0 unspecified atom stereocenters. The number of carboxylic acid groups (broad SMARTS) is 1. The number of carbonyl (C=O) groups is 5. The molecule has 2 aromatic rings. The van der Waals surface area contributed by atoms with Crippen molar-refractivity contribution < 1.29 is 38.6 Å². The molecule has 0 bridgehead atoms. The number of esters is 2. The summed E-state index contributed by atoms with van der Waals surface area (Å²) in [5.41, 5.74) is 0.452. The zero-order chi connectivity index (χ0) is 30.6. The van der Waals surface area contributed by atoms with Gasteiger partial charge in [0.05, 0.1) is 30.7 Å². The zero-order valence-corrected chi connectivity index (χ0v) is 24.3. The molecule has 10 heteroatoms. The molecule has 2 N–H and O–H groups in total. The SMILES string of the molecule is CC(C)[C@H](CC(=O)[C@H](Cc1ccccn1)NC(=O)[C@@H](CC(=O)OCc1ccccc1)CC(=O)OC(C)(C)C)C(=O)O. The van der Waals surface area contributed by atoms with E-state index in [4.69, 9.17) is 9.47 Å². The van der Waals surface area contributed by atoms with Gasteiger partial charge >= 0.3 is 17.9 Å². The summed E-state index contributed by atoms with van der Waals surface area (Å²) in [6.45, 7) is 8.45. The van der Waals surface area contributed by atoms with Crippen LogP contribution in [0.1, 0.15) is 65.1 Å². The van der Waals surface area contributed by atoms with E-state index in [2.05, 4.69) is 10.3 Å². The second kappa shape index (κ2) is 15.6. The Kier molecular flexibility index (Phi) is 12.6. The highest BCUT2D eigenvalue weighted by Crippen LogP contribution is 2.20. The van der Waals surface area contributed by atoms with Crippen LogP contribution < -0.4 is 5.32 Å². The van der Waals surface area contributed by atoms with Gasteiger partial charge in [-0.25, -0.2) is 0 Å². The largest absolute Gasteiger partial charge is 0.481 e. The fraction of sp³-hybridized carbons (Fsp3) is 0.484. The number of nitrogens with one attached hydrogen (secondary N) is 1. The molecular weight excluding hydrogens is 528 g/mol. The molecule has 222 valence electrons. The van der Waals surface area contributed by atoms with Crippen molar-refractivity contribution in [3.8, 4) is 0 Å². The molecule has 0 saturated carbocycles. The van der Waals surface area contributed by atoms with Gasteiger partial charge in [0.25, 0.3) is 0 Å². The quantitative estimate of drug-likeness (QED) is 0.305. The summed E-state index contributed by atoms with van der Waals surface area (Å²) in [5.74, 6) is -6.17. The number of carbonyl (C=O) groups excluding carboxylic acids is 4. The smallest absolute Gasteiger partial charge is 0.307 e. The fourth-order valence-corrected chi connectivity index (χ4v) is 4.07. The summed E-state index contributed by atoms with van der Waals surface area (Å²) in [4.78, 5) is 68.2. The van der Waals surface area contributed by atoms with Gasteiger partial charge < -0.3 is 19.9 Å². The second-order valence-corrected chi connectivity index (χ2v) is 11.3. The lowest BCUT2D eigenvalue weighted by Crippen LogP contribution is -2.47. The first-order valence-electron chi connectivity index (χ1n) is 13.6. The minimum Gasteiger partial charge on any atom is -0.481 e. The standard InChI is InChI=1S/C31H40N2O8/c1-20(2)24(30(38)39)18-26(34)25(17-23-13-9-10-14-32-23)33-29(37)22(16-28(36)41-31(3,4)5)15-27(35)40-19-21-11-7-6-8-12-21/h6-14,20,22,24-25H,15-19H2,1-5H3,(H,33,37)(H,38,39)/t22-,24-,25-/m0/s1. The number of amides is 1. The van der Waals surface area contributed by atoms with Gasteiger partial charge in [0.15, 0.2) is 5.78 Å². The number of benzene rings is 1. The molecule has 2 rings (SSSR count). The Morgan fingerprint density at radius 1 is 0.902 bits per heavy atom. The van der Waals surface area contributed by atoms with E-state index in [9.17, 15) is 29.1 Å². The van der Waals surface area contributed by atoms with E-state index in [0.29, 0.717) is 5.69 Å². The third-order valence-corrected chi connectivity index (χ3v) is 6.25. The summed E-state index contributed by atoms with van der Waals surface area (Å²) >= 11 is 0. The molecule has 0 fully saturated rings. The summed E-state index contributed by atoms with van der Waals surface area (Å²) < 4.78 is 10.7. The van der Waals surface area contributed by atoms with Gasteiger partial charge in [0.2, 0.25) is 5.91 Å². The maximum atomic E-state index is 13.5. The molecule has 0 aliphatic carbocycles. The van der Waals surface area contributed by atoms with Crippen LogP contribution in [-0.2, 0) is 46.5 Å². The number of hydrogen-bond acceptors (Lipinski definition) is 8.